The van der Waals surface area contributed by atoms with Crippen LogP contribution in [0.25, 0.3) is 10.9 Å². The molecule has 164 valence electrons. The number of hydrogen-bond donors (Lipinski definition) is 0. The molecule has 0 saturated carbocycles. The summed E-state index contributed by atoms with van der Waals surface area (Å²) in [5.41, 5.74) is 2.01. The van der Waals surface area contributed by atoms with E-state index < -0.39 is 0 Å². The van der Waals surface area contributed by atoms with Crippen LogP contribution in [0.1, 0.15) is 21.7 Å². The maximum atomic E-state index is 13.4. The van der Waals surface area contributed by atoms with Crippen LogP contribution in [-0.2, 0) is 6.54 Å². The highest BCUT2D eigenvalue weighted by Crippen LogP contribution is 2.29. The summed E-state index contributed by atoms with van der Waals surface area (Å²) in [6.07, 6.45) is 4.81. The quantitative estimate of drug-likeness (QED) is 0.485. The Morgan fingerprint density at radius 3 is 2.55 bits per heavy atom. The predicted octanol–water partition coefficient (Wildman–Crippen LogP) is 2.87. The Morgan fingerprint density at radius 1 is 1.06 bits per heavy atom. The second-order valence-corrected chi connectivity index (χ2v) is 7.86. The predicted molar refractivity (Wildman–Crippen MR) is 123 cm³/mol. The van der Waals surface area contributed by atoms with Crippen molar-refractivity contribution >= 4 is 22.5 Å². The molecular formula is C25H21N5O3. The lowest BCUT2D eigenvalue weighted by atomic mass is 10.1. The summed E-state index contributed by atoms with van der Waals surface area (Å²) in [6, 6.07) is 17.0. The minimum Gasteiger partial charge on any atom is -0.459 e. The van der Waals surface area contributed by atoms with Gasteiger partial charge < -0.3 is 18.8 Å². The van der Waals surface area contributed by atoms with Gasteiger partial charge in [0.2, 0.25) is 0 Å². The Kier molecular flexibility index (Phi) is 5.37. The number of fused-ring (bicyclic) bond motifs is 1. The summed E-state index contributed by atoms with van der Waals surface area (Å²) in [7, 11) is 0. The number of furan rings is 1. The van der Waals surface area contributed by atoms with Crippen LogP contribution in [0.15, 0.2) is 76.4 Å². The number of aromatic nitrogens is 2. The largest absolute Gasteiger partial charge is 0.459 e. The molecule has 0 spiro atoms. The average Bonchev–Trinajstić information content (AvgIpc) is 3.41. The molecule has 1 amide bonds. The summed E-state index contributed by atoms with van der Waals surface area (Å²) in [6.45, 7) is 2.28. The van der Waals surface area contributed by atoms with E-state index in [1.54, 1.807) is 34.0 Å². The van der Waals surface area contributed by atoms with Crippen molar-refractivity contribution in [2.24, 2.45) is 0 Å². The van der Waals surface area contributed by atoms with E-state index in [-0.39, 0.29) is 17.0 Å². The van der Waals surface area contributed by atoms with Crippen LogP contribution in [0.5, 0.6) is 0 Å². The van der Waals surface area contributed by atoms with Gasteiger partial charge >= 0.3 is 0 Å². The van der Waals surface area contributed by atoms with Crippen molar-refractivity contribution in [2.45, 2.75) is 6.54 Å². The lowest BCUT2D eigenvalue weighted by Gasteiger charge is -2.36. The molecule has 1 aromatic carbocycles. The van der Waals surface area contributed by atoms with Gasteiger partial charge in [0.25, 0.3) is 11.5 Å². The first kappa shape index (κ1) is 20.5. The van der Waals surface area contributed by atoms with E-state index in [9.17, 15) is 14.9 Å². The summed E-state index contributed by atoms with van der Waals surface area (Å²) in [4.78, 5) is 34.0. The Labute approximate surface area is 189 Å². The fourth-order valence-corrected chi connectivity index (χ4v) is 4.32. The third-order valence-corrected chi connectivity index (χ3v) is 5.95. The zero-order chi connectivity index (χ0) is 22.8. The zero-order valence-corrected chi connectivity index (χ0v) is 17.8. The first-order valence-electron chi connectivity index (χ1n) is 10.7. The van der Waals surface area contributed by atoms with Crippen LogP contribution in [0.3, 0.4) is 0 Å². The van der Waals surface area contributed by atoms with Gasteiger partial charge in [0.15, 0.2) is 5.76 Å². The summed E-state index contributed by atoms with van der Waals surface area (Å²) >= 11 is 0. The van der Waals surface area contributed by atoms with Crippen molar-refractivity contribution < 1.29 is 9.21 Å². The number of piperazine rings is 1. The highest BCUT2D eigenvalue weighted by Gasteiger charge is 2.28. The molecular weight excluding hydrogens is 418 g/mol. The van der Waals surface area contributed by atoms with Crippen molar-refractivity contribution in [3.8, 4) is 6.07 Å². The number of benzene rings is 1. The number of rotatable bonds is 4. The molecule has 4 aromatic rings. The van der Waals surface area contributed by atoms with Gasteiger partial charge in [-0.1, -0.05) is 30.3 Å². The summed E-state index contributed by atoms with van der Waals surface area (Å²) in [5.74, 6) is 0.147. The van der Waals surface area contributed by atoms with Crippen LogP contribution in [0.2, 0.25) is 0 Å². The number of amides is 1. The van der Waals surface area contributed by atoms with E-state index in [2.05, 4.69) is 11.1 Å². The molecule has 33 heavy (non-hydrogen) atoms. The Balaban J connectivity index is 1.52. The number of pyridine rings is 2. The molecule has 8 heteroatoms. The lowest BCUT2D eigenvalue weighted by molar-refractivity contribution is 0.0715. The second-order valence-electron chi connectivity index (χ2n) is 7.86. The molecule has 0 atom stereocenters. The first-order valence-corrected chi connectivity index (χ1v) is 10.7. The van der Waals surface area contributed by atoms with Gasteiger partial charge in [-0.2, -0.15) is 5.26 Å². The van der Waals surface area contributed by atoms with E-state index in [1.165, 1.54) is 6.26 Å². The minimum absolute atomic E-state index is 0.107. The number of anilines is 1. The fourth-order valence-electron chi connectivity index (χ4n) is 4.32. The molecule has 0 N–H and O–H groups in total. The second kappa shape index (κ2) is 8.63. The van der Waals surface area contributed by atoms with Gasteiger partial charge in [0.05, 0.1) is 30.2 Å². The van der Waals surface area contributed by atoms with Crippen LogP contribution in [-0.4, -0.2) is 46.5 Å². The Bertz CT molecular complexity index is 1400. The molecule has 1 saturated heterocycles. The highest BCUT2D eigenvalue weighted by molar-refractivity contribution is 5.95. The molecule has 1 aliphatic rings. The summed E-state index contributed by atoms with van der Waals surface area (Å²) in [5, 5.41) is 10.8. The number of nitrogens with zero attached hydrogens (tertiary/aromatic N) is 5. The monoisotopic (exact) mass is 439 g/mol. The zero-order valence-electron chi connectivity index (χ0n) is 17.8. The van der Waals surface area contributed by atoms with Gasteiger partial charge in [-0.25, -0.2) is 0 Å². The lowest BCUT2D eigenvalue weighted by Crippen LogP contribution is -2.49. The highest BCUT2D eigenvalue weighted by atomic mass is 16.3. The fraction of sp³-hybridized carbons (Fsp3) is 0.200. The van der Waals surface area contributed by atoms with Gasteiger partial charge in [0, 0.05) is 37.8 Å². The molecule has 8 nitrogen and oxygen atoms in total. The standard InChI is InChI=1S/C25H21N5O3/c26-15-20-23(28-10-12-29(13-11-28)25(32)22-7-4-14-33-22)19-8-9-27-16-21(19)30(24(20)31)17-18-5-2-1-3-6-18/h1-9,14,16H,10-13,17H2. The molecule has 0 bridgehead atoms. The van der Waals surface area contributed by atoms with Crippen molar-refractivity contribution in [2.75, 3.05) is 31.1 Å². The number of nitriles is 1. The topological polar surface area (TPSA) is 95.4 Å². The molecule has 0 aliphatic carbocycles. The number of carbonyl (C=O) groups excluding carboxylic acids is 1. The normalized spacial score (nSPS) is 13.8. The summed E-state index contributed by atoms with van der Waals surface area (Å²) < 4.78 is 6.84. The molecule has 1 aliphatic heterocycles. The minimum atomic E-state index is -0.342. The molecule has 0 unspecified atom stereocenters. The average molecular weight is 439 g/mol. The van der Waals surface area contributed by atoms with Gasteiger partial charge in [-0.3, -0.25) is 14.6 Å². The SMILES string of the molecule is N#Cc1c(N2CCN(C(=O)c3ccco3)CC2)c2ccncc2n(Cc2ccccc2)c1=O. The van der Waals surface area contributed by atoms with Crippen LogP contribution in [0.4, 0.5) is 5.69 Å². The van der Waals surface area contributed by atoms with Gasteiger partial charge in [-0.15, -0.1) is 0 Å². The number of carbonyl (C=O) groups is 1. The molecule has 3 aromatic heterocycles. The third kappa shape index (κ3) is 3.74. The molecule has 4 heterocycles. The van der Waals surface area contributed by atoms with E-state index in [4.69, 9.17) is 4.42 Å². The van der Waals surface area contributed by atoms with Crippen LogP contribution in [0, 0.1) is 11.3 Å². The van der Waals surface area contributed by atoms with Crippen molar-refractivity contribution in [3.63, 3.8) is 0 Å². The maximum absolute atomic E-state index is 13.4. The first-order chi connectivity index (χ1) is 16.2. The third-order valence-electron chi connectivity index (χ3n) is 5.95. The van der Waals surface area contributed by atoms with E-state index in [0.29, 0.717) is 49.7 Å². The Hall–Kier alpha value is -4.38. The van der Waals surface area contributed by atoms with Crippen molar-refractivity contribution in [1.82, 2.24) is 14.5 Å². The smallest absolute Gasteiger partial charge is 0.289 e. The van der Waals surface area contributed by atoms with Gasteiger partial charge in [-0.05, 0) is 23.8 Å². The van der Waals surface area contributed by atoms with Gasteiger partial charge in [0.1, 0.15) is 11.6 Å². The maximum Gasteiger partial charge on any atom is 0.289 e. The molecule has 0 radical (unpaired) electrons. The van der Waals surface area contributed by atoms with E-state index >= 15 is 0 Å². The molecule has 5 rings (SSSR count). The van der Waals surface area contributed by atoms with Crippen molar-refractivity contribution in [3.05, 3.63) is 94.4 Å². The number of hydrogen-bond acceptors (Lipinski definition) is 6. The van der Waals surface area contributed by atoms with Crippen molar-refractivity contribution in [1.29, 1.82) is 5.26 Å². The Morgan fingerprint density at radius 2 is 1.85 bits per heavy atom. The van der Waals surface area contributed by atoms with E-state index in [1.807, 2.05) is 41.3 Å². The molecule has 1 fully saturated rings. The van der Waals surface area contributed by atoms with E-state index in [0.717, 1.165) is 10.9 Å². The van der Waals surface area contributed by atoms with Crippen LogP contribution < -0.4 is 10.5 Å². The van der Waals surface area contributed by atoms with Crippen LogP contribution >= 0.6 is 0 Å².